The second-order valence-corrected chi connectivity index (χ2v) is 8.88. The van der Waals surface area contributed by atoms with E-state index in [1.54, 1.807) is 56.3 Å². The third-order valence-corrected chi connectivity index (χ3v) is 6.56. The number of hydrogen-bond acceptors (Lipinski definition) is 6. The van der Waals surface area contributed by atoms with Crippen molar-refractivity contribution in [2.24, 2.45) is 4.99 Å². The molecule has 164 valence electrons. The molecule has 2 heterocycles. The van der Waals surface area contributed by atoms with E-state index in [1.807, 2.05) is 0 Å². The standard InChI is InChI=1S/C23H18Cl2N2O4S/c1-3-31-22(30)19-12(2)26-23-27(20(19)15-6-4-5-7-16(15)25)21(29)18(32-23)11-13-10-14(24)8-9-17(13)28/h4-11,20,28H,3H2,1-2H3/b18-11-/t20-/m0/s1. The number of rotatable bonds is 4. The van der Waals surface area contributed by atoms with Crippen LogP contribution in [0.2, 0.25) is 10.0 Å². The molecule has 0 aliphatic carbocycles. The van der Waals surface area contributed by atoms with Crippen molar-refractivity contribution in [3.8, 4) is 5.75 Å². The first kappa shape index (κ1) is 22.3. The summed E-state index contributed by atoms with van der Waals surface area (Å²) >= 11 is 13.7. The number of thiazole rings is 1. The Bertz CT molecular complexity index is 1440. The van der Waals surface area contributed by atoms with Crippen molar-refractivity contribution in [2.45, 2.75) is 19.9 Å². The number of ether oxygens (including phenoxy) is 1. The van der Waals surface area contributed by atoms with Crippen LogP contribution in [0.1, 0.15) is 31.0 Å². The molecule has 32 heavy (non-hydrogen) atoms. The summed E-state index contributed by atoms with van der Waals surface area (Å²) in [4.78, 5) is 31.3. The van der Waals surface area contributed by atoms with E-state index in [-0.39, 0.29) is 23.5 Å². The van der Waals surface area contributed by atoms with Crippen LogP contribution in [-0.4, -0.2) is 22.2 Å². The number of allylic oxidation sites excluding steroid dienone is 1. The van der Waals surface area contributed by atoms with Gasteiger partial charge in [-0.2, -0.15) is 0 Å². The van der Waals surface area contributed by atoms with E-state index in [2.05, 4.69) is 4.99 Å². The molecular formula is C23H18Cl2N2O4S. The Hall–Kier alpha value is -2.87. The molecule has 0 spiro atoms. The summed E-state index contributed by atoms with van der Waals surface area (Å²) in [5, 5.41) is 11.0. The molecule has 1 aliphatic rings. The number of hydrogen-bond donors (Lipinski definition) is 1. The number of aromatic nitrogens is 1. The average Bonchev–Trinajstić information content (AvgIpc) is 3.05. The van der Waals surface area contributed by atoms with E-state index in [1.165, 1.54) is 10.6 Å². The first-order valence-corrected chi connectivity index (χ1v) is 11.3. The molecule has 0 saturated heterocycles. The van der Waals surface area contributed by atoms with Crippen molar-refractivity contribution in [3.63, 3.8) is 0 Å². The Morgan fingerprint density at radius 1 is 1.28 bits per heavy atom. The monoisotopic (exact) mass is 488 g/mol. The zero-order valence-electron chi connectivity index (χ0n) is 17.1. The SMILES string of the molecule is CCOC(=O)C1=C(C)N=c2s/c(=C\c3cc(Cl)ccc3O)c(=O)n2[C@H]1c1ccccc1Cl. The van der Waals surface area contributed by atoms with E-state index in [4.69, 9.17) is 27.9 Å². The molecule has 3 aromatic rings. The largest absolute Gasteiger partial charge is 0.507 e. The van der Waals surface area contributed by atoms with Crippen molar-refractivity contribution in [1.82, 2.24) is 4.57 Å². The number of phenolic OH excluding ortho intramolecular Hbond substituents is 1. The Balaban J connectivity index is 2.00. The van der Waals surface area contributed by atoms with Crippen molar-refractivity contribution in [3.05, 3.63) is 94.6 Å². The van der Waals surface area contributed by atoms with Crippen LogP contribution >= 0.6 is 34.5 Å². The molecule has 2 aromatic carbocycles. The van der Waals surface area contributed by atoms with Crippen LogP contribution in [0, 0.1) is 0 Å². The van der Waals surface area contributed by atoms with Crippen LogP contribution in [0.5, 0.6) is 5.75 Å². The predicted octanol–water partition coefficient (Wildman–Crippen LogP) is 3.81. The van der Waals surface area contributed by atoms with Crippen LogP contribution in [0.25, 0.3) is 6.08 Å². The first-order valence-electron chi connectivity index (χ1n) is 9.74. The van der Waals surface area contributed by atoms with Gasteiger partial charge in [0.1, 0.15) is 11.8 Å². The van der Waals surface area contributed by atoms with Crippen molar-refractivity contribution in [2.75, 3.05) is 6.61 Å². The molecule has 1 atom stereocenters. The third-order valence-electron chi connectivity index (χ3n) is 4.99. The van der Waals surface area contributed by atoms with Crippen LogP contribution in [-0.2, 0) is 9.53 Å². The molecule has 1 aromatic heterocycles. The van der Waals surface area contributed by atoms with Gasteiger partial charge in [0.15, 0.2) is 4.80 Å². The fourth-order valence-corrected chi connectivity index (χ4v) is 5.02. The molecule has 0 unspecified atom stereocenters. The minimum Gasteiger partial charge on any atom is -0.507 e. The number of carbonyl (C=O) groups excluding carboxylic acids is 1. The molecule has 0 saturated carbocycles. The quantitative estimate of drug-likeness (QED) is 0.566. The lowest BCUT2D eigenvalue weighted by atomic mass is 9.96. The maximum absolute atomic E-state index is 13.5. The molecule has 1 N–H and O–H groups in total. The number of benzene rings is 2. The van der Waals surface area contributed by atoms with Gasteiger partial charge in [0, 0.05) is 15.6 Å². The number of aromatic hydroxyl groups is 1. The summed E-state index contributed by atoms with van der Waals surface area (Å²) in [5.74, 6) is -0.563. The highest BCUT2D eigenvalue weighted by Crippen LogP contribution is 2.34. The van der Waals surface area contributed by atoms with Crippen molar-refractivity contribution < 1.29 is 14.6 Å². The third kappa shape index (κ3) is 3.99. The summed E-state index contributed by atoms with van der Waals surface area (Å²) in [5.41, 5.74) is 1.33. The van der Waals surface area contributed by atoms with Gasteiger partial charge in [-0.1, -0.05) is 52.7 Å². The molecule has 0 radical (unpaired) electrons. The van der Waals surface area contributed by atoms with Gasteiger partial charge in [-0.05, 0) is 49.8 Å². The van der Waals surface area contributed by atoms with Crippen molar-refractivity contribution in [1.29, 1.82) is 0 Å². The van der Waals surface area contributed by atoms with Crippen LogP contribution < -0.4 is 14.9 Å². The number of phenols is 1. The molecule has 0 amide bonds. The zero-order valence-corrected chi connectivity index (χ0v) is 19.5. The Labute approximate surface area is 197 Å². The average molecular weight is 489 g/mol. The summed E-state index contributed by atoms with van der Waals surface area (Å²) in [6, 6.07) is 10.8. The van der Waals surface area contributed by atoms with Gasteiger partial charge < -0.3 is 9.84 Å². The Kier molecular flexibility index (Phi) is 6.24. The molecule has 4 rings (SSSR count). The smallest absolute Gasteiger partial charge is 0.338 e. The molecule has 1 aliphatic heterocycles. The topological polar surface area (TPSA) is 80.9 Å². The van der Waals surface area contributed by atoms with Gasteiger partial charge in [0.25, 0.3) is 5.56 Å². The highest BCUT2D eigenvalue weighted by Gasteiger charge is 2.34. The van der Waals surface area contributed by atoms with Gasteiger partial charge in [0.2, 0.25) is 0 Å². The number of esters is 1. The second kappa shape index (κ2) is 8.94. The molecule has 9 heteroatoms. The predicted molar refractivity (Wildman–Crippen MR) is 125 cm³/mol. The highest BCUT2D eigenvalue weighted by molar-refractivity contribution is 7.07. The van der Waals surface area contributed by atoms with Crippen molar-refractivity contribution >= 4 is 46.6 Å². The molecule has 6 nitrogen and oxygen atoms in total. The Morgan fingerprint density at radius 2 is 2.03 bits per heavy atom. The number of carbonyl (C=O) groups is 1. The van der Waals surface area contributed by atoms with Crippen LogP contribution in [0.4, 0.5) is 0 Å². The second-order valence-electron chi connectivity index (χ2n) is 7.03. The first-order chi connectivity index (χ1) is 15.3. The summed E-state index contributed by atoms with van der Waals surface area (Å²) in [7, 11) is 0. The van der Waals surface area contributed by atoms with E-state index < -0.39 is 12.0 Å². The summed E-state index contributed by atoms with van der Waals surface area (Å²) in [6.45, 7) is 3.60. The lowest BCUT2D eigenvalue weighted by molar-refractivity contribution is -0.139. The van der Waals surface area contributed by atoms with E-state index in [0.29, 0.717) is 36.2 Å². The van der Waals surface area contributed by atoms with E-state index in [9.17, 15) is 14.7 Å². The van der Waals surface area contributed by atoms with E-state index >= 15 is 0 Å². The van der Waals surface area contributed by atoms with Gasteiger partial charge in [-0.25, -0.2) is 9.79 Å². The fraction of sp³-hybridized carbons (Fsp3) is 0.174. The number of fused-ring (bicyclic) bond motifs is 1. The minimum absolute atomic E-state index is 0.00807. The van der Waals surface area contributed by atoms with E-state index in [0.717, 1.165) is 11.3 Å². The van der Waals surface area contributed by atoms with Gasteiger partial charge in [-0.15, -0.1) is 0 Å². The molecular weight excluding hydrogens is 471 g/mol. The summed E-state index contributed by atoms with van der Waals surface area (Å²) in [6.07, 6.45) is 1.55. The lowest BCUT2D eigenvalue weighted by Crippen LogP contribution is -2.40. The minimum atomic E-state index is -0.797. The van der Waals surface area contributed by atoms with Gasteiger partial charge in [-0.3, -0.25) is 9.36 Å². The van der Waals surface area contributed by atoms with Crippen LogP contribution in [0.3, 0.4) is 0 Å². The number of nitrogens with zero attached hydrogens (tertiary/aromatic N) is 2. The number of halogens is 2. The fourth-order valence-electron chi connectivity index (χ4n) is 3.56. The Morgan fingerprint density at radius 3 is 2.75 bits per heavy atom. The van der Waals surface area contributed by atoms with Crippen LogP contribution in [0.15, 0.2) is 63.5 Å². The molecule has 0 fully saturated rings. The lowest BCUT2D eigenvalue weighted by Gasteiger charge is -2.25. The zero-order chi connectivity index (χ0) is 23.0. The van der Waals surface area contributed by atoms with Gasteiger partial charge in [0.05, 0.1) is 22.4 Å². The highest BCUT2D eigenvalue weighted by atomic mass is 35.5. The van der Waals surface area contributed by atoms with Gasteiger partial charge >= 0.3 is 5.97 Å². The maximum Gasteiger partial charge on any atom is 0.338 e. The molecule has 0 bridgehead atoms. The summed E-state index contributed by atoms with van der Waals surface area (Å²) < 4.78 is 7.04. The maximum atomic E-state index is 13.5. The normalized spacial score (nSPS) is 16.0.